The first kappa shape index (κ1) is 22.3. The second-order valence-electron chi connectivity index (χ2n) is 7.45. The molecule has 2 unspecified atom stereocenters. The topological polar surface area (TPSA) is 62.2 Å². The van der Waals surface area contributed by atoms with Crippen LogP contribution in [-0.2, 0) is 11.2 Å². The molecule has 0 bridgehead atoms. The summed E-state index contributed by atoms with van der Waals surface area (Å²) in [7, 11) is 1.62. The first-order valence-corrected chi connectivity index (χ1v) is 11.0. The fourth-order valence-electron chi connectivity index (χ4n) is 3.82. The number of ether oxygens (including phenoxy) is 2. The Labute approximate surface area is 182 Å². The fraction of sp³-hybridized carbons (Fsp3) is 0.435. The third kappa shape index (κ3) is 5.41. The minimum Gasteiger partial charge on any atom is -0.493 e. The van der Waals surface area contributed by atoms with Crippen molar-refractivity contribution < 1.29 is 19.4 Å². The molecule has 30 heavy (non-hydrogen) atoms. The first-order valence-electron chi connectivity index (χ1n) is 10.2. The lowest BCUT2D eigenvalue weighted by atomic mass is 10.0. The monoisotopic (exact) mass is 430 g/mol. The van der Waals surface area contributed by atoms with Crippen molar-refractivity contribution in [3.63, 3.8) is 0 Å². The summed E-state index contributed by atoms with van der Waals surface area (Å²) in [5.41, 5.74) is 1.15. The molecule has 2 atom stereocenters. The summed E-state index contributed by atoms with van der Waals surface area (Å²) in [4.78, 5) is 18.4. The highest BCUT2D eigenvalue weighted by Gasteiger charge is 2.33. The molecule has 0 radical (unpaired) electrons. The number of amides is 1. The van der Waals surface area contributed by atoms with Gasteiger partial charge in [-0.25, -0.2) is 0 Å². The summed E-state index contributed by atoms with van der Waals surface area (Å²) >= 11 is 1.73. The quantitative estimate of drug-likeness (QED) is 0.587. The number of rotatable bonds is 10. The number of carbonyl (C=O) groups excluding carboxylic acids is 1. The van der Waals surface area contributed by atoms with Crippen LogP contribution >= 0.6 is 11.3 Å². The zero-order chi connectivity index (χ0) is 21.5. The van der Waals surface area contributed by atoms with E-state index in [1.54, 1.807) is 31.4 Å². The van der Waals surface area contributed by atoms with Gasteiger partial charge in [0.25, 0.3) is 0 Å². The minimum atomic E-state index is -0.507. The van der Waals surface area contributed by atoms with Crippen molar-refractivity contribution in [1.29, 1.82) is 0 Å². The number of carbonyl (C=O) groups is 1. The zero-order valence-electron chi connectivity index (χ0n) is 17.6. The molecule has 1 aromatic heterocycles. The maximum Gasteiger partial charge on any atom is 0.237 e. The highest BCUT2D eigenvalue weighted by atomic mass is 32.1. The zero-order valence-corrected chi connectivity index (χ0v) is 18.4. The number of nitrogens with zero attached hydrogens (tertiary/aromatic N) is 2. The summed E-state index contributed by atoms with van der Waals surface area (Å²) in [5.74, 6) is 1.37. The molecule has 0 aliphatic carbocycles. The maximum absolute atomic E-state index is 13.2. The number of aliphatic hydroxyl groups is 1. The molecule has 6 nitrogen and oxygen atoms in total. The predicted molar refractivity (Wildman–Crippen MR) is 119 cm³/mol. The molecule has 1 N–H and O–H groups in total. The molecule has 0 saturated heterocycles. The van der Waals surface area contributed by atoms with Crippen molar-refractivity contribution in [2.75, 3.05) is 39.9 Å². The van der Waals surface area contributed by atoms with E-state index < -0.39 is 6.10 Å². The standard InChI is InChI=1S/C23H30N2O4S/c1-4-11-24(14-17(2)26)15-23(27)25-12-9-22-18(10-13-30-22)19(25)16-29-21-8-6-5-7-20(21)28-3/h4-8,10,13,17,19,26H,1,9,11-12,14-16H2,2-3H3. The van der Waals surface area contributed by atoms with Gasteiger partial charge < -0.3 is 19.5 Å². The van der Waals surface area contributed by atoms with Gasteiger partial charge in [-0.3, -0.25) is 9.69 Å². The van der Waals surface area contributed by atoms with Crippen LogP contribution in [0.2, 0.25) is 0 Å². The van der Waals surface area contributed by atoms with E-state index in [0.717, 1.165) is 12.0 Å². The van der Waals surface area contributed by atoms with E-state index >= 15 is 0 Å². The van der Waals surface area contributed by atoms with Crippen molar-refractivity contribution >= 4 is 17.2 Å². The molecular weight excluding hydrogens is 400 g/mol. The third-order valence-corrected chi connectivity index (χ3v) is 6.15. The molecule has 0 fully saturated rings. The van der Waals surface area contributed by atoms with Gasteiger partial charge in [-0.15, -0.1) is 17.9 Å². The summed E-state index contributed by atoms with van der Waals surface area (Å²) in [6.45, 7) is 7.72. The normalized spacial score (nSPS) is 16.8. The van der Waals surface area contributed by atoms with Crippen molar-refractivity contribution in [2.24, 2.45) is 0 Å². The van der Waals surface area contributed by atoms with E-state index in [1.807, 2.05) is 34.1 Å². The van der Waals surface area contributed by atoms with E-state index in [9.17, 15) is 9.90 Å². The SMILES string of the molecule is C=CCN(CC(=O)N1CCc2sccc2C1COc1ccccc1OC)CC(C)O. The van der Waals surface area contributed by atoms with Crippen molar-refractivity contribution in [3.05, 3.63) is 58.8 Å². The summed E-state index contributed by atoms with van der Waals surface area (Å²) < 4.78 is 11.5. The van der Waals surface area contributed by atoms with Crippen molar-refractivity contribution in [2.45, 2.75) is 25.5 Å². The van der Waals surface area contributed by atoms with Gasteiger partial charge in [0.15, 0.2) is 11.5 Å². The van der Waals surface area contributed by atoms with Crippen LogP contribution < -0.4 is 9.47 Å². The van der Waals surface area contributed by atoms with Crippen molar-refractivity contribution in [1.82, 2.24) is 9.80 Å². The van der Waals surface area contributed by atoms with Gasteiger partial charge in [-0.05, 0) is 42.5 Å². The van der Waals surface area contributed by atoms with Crippen LogP contribution in [0, 0.1) is 0 Å². The van der Waals surface area contributed by atoms with Crippen LogP contribution in [0.1, 0.15) is 23.4 Å². The molecule has 1 amide bonds. The highest BCUT2D eigenvalue weighted by Crippen LogP contribution is 2.35. The van der Waals surface area contributed by atoms with Gasteiger partial charge in [0.1, 0.15) is 6.61 Å². The number of fused-ring (bicyclic) bond motifs is 1. The molecule has 162 valence electrons. The average Bonchev–Trinajstić information content (AvgIpc) is 3.21. The van der Waals surface area contributed by atoms with E-state index in [1.165, 1.54) is 4.88 Å². The van der Waals surface area contributed by atoms with Crippen LogP contribution in [0.3, 0.4) is 0 Å². The Morgan fingerprint density at radius 2 is 2.17 bits per heavy atom. The third-order valence-electron chi connectivity index (χ3n) is 5.15. The molecule has 3 rings (SSSR count). The Balaban J connectivity index is 1.76. The average molecular weight is 431 g/mol. The molecule has 1 aliphatic heterocycles. The van der Waals surface area contributed by atoms with E-state index in [0.29, 0.717) is 37.7 Å². The maximum atomic E-state index is 13.2. The Kier molecular flexibility index (Phi) is 7.90. The van der Waals surface area contributed by atoms with Crippen LogP contribution in [0.25, 0.3) is 0 Å². The number of hydrogen-bond acceptors (Lipinski definition) is 6. The molecule has 1 aliphatic rings. The number of hydrogen-bond donors (Lipinski definition) is 1. The molecule has 7 heteroatoms. The number of benzene rings is 1. The summed E-state index contributed by atoms with van der Waals surface area (Å²) in [5, 5.41) is 11.8. The van der Waals surface area contributed by atoms with Gasteiger partial charge in [-0.1, -0.05) is 18.2 Å². The Morgan fingerprint density at radius 3 is 2.87 bits per heavy atom. The van der Waals surface area contributed by atoms with E-state index in [-0.39, 0.29) is 18.5 Å². The summed E-state index contributed by atoms with van der Waals surface area (Å²) in [6, 6.07) is 9.47. The molecule has 2 aromatic rings. The predicted octanol–water partition coefficient (Wildman–Crippen LogP) is 3.13. The van der Waals surface area contributed by atoms with Crippen LogP contribution in [0.15, 0.2) is 48.4 Å². The second-order valence-corrected chi connectivity index (χ2v) is 8.45. The van der Waals surface area contributed by atoms with Gasteiger partial charge in [-0.2, -0.15) is 0 Å². The van der Waals surface area contributed by atoms with Gasteiger partial charge >= 0.3 is 0 Å². The number of methoxy groups -OCH3 is 1. The minimum absolute atomic E-state index is 0.0305. The molecule has 0 spiro atoms. The van der Waals surface area contributed by atoms with Crippen molar-refractivity contribution in [3.8, 4) is 11.5 Å². The smallest absolute Gasteiger partial charge is 0.237 e. The van der Waals surface area contributed by atoms with Crippen LogP contribution in [-0.4, -0.2) is 66.8 Å². The largest absolute Gasteiger partial charge is 0.493 e. The summed E-state index contributed by atoms with van der Waals surface area (Å²) in [6.07, 6.45) is 2.10. The first-order chi connectivity index (χ1) is 14.5. The van der Waals surface area contributed by atoms with Gasteiger partial charge in [0.2, 0.25) is 5.91 Å². The lowest BCUT2D eigenvalue weighted by molar-refractivity contribution is -0.136. The molecule has 0 saturated carbocycles. The van der Waals surface area contributed by atoms with Crippen LogP contribution in [0.4, 0.5) is 0 Å². The van der Waals surface area contributed by atoms with Gasteiger partial charge in [0, 0.05) is 24.5 Å². The Hall–Kier alpha value is -2.35. The number of para-hydroxylation sites is 2. The van der Waals surface area contributed by atoms with E-state index in [2.05, 4.69) is 18.0 Å². The lowest BCUT2D eigenvalue weighted by Gasteiger charge is -2.37. The molecular formula is C23H30N2O4S. The Morgan fingerprint density at radius 1 is 1.40 bits per heavy atom. The van der Waals surface area contributed by atoms with E-state index in [4.69, 9.17) is 9.47 Å². The lowest BCUT2D eigenvalue weighted by Crippen LogP contribution is -2.47. The second kappa shape index (κ2) is 10.6. The molecule has 1 aromatic carbocycles. The van der Waals surface area contributed by atoms with Gasteiger partial charge in [0.05, 0.1) is 25.8 Å². The highest BCUT2D eigenvalue weighted by molar-refractivity contribution is 7.10. The number of aliphatic hydroxyl groups excluding tert-OH is 1. The number of thiophene rings is 1. The Bertz CT molecular complexity index is 851. The van der Waals surface area contributed by atoms with Crippen LogP contribution in [0.5, 0.6) is 11.5 Å². The fourth-order valence-corrected chi connectivity index (χ4v) is 4.75. The molecule has 2 heterocycles.